The summed E-state index contributed by atoms with van der Waals surface area (Å²) in [6.45, 7) is 4.89. The number of anilines is 1. The Morgan fingerprint density at radius 3 is 2.93 bits per heavy atom. The number of aromatic nitrogens is 3. The molecule has 1 saturated heterocycles. The van der Waals surface area contributed by atoms with Crippen molar-refractivity contribution < 1.29 is 14.3 Å². The topological polar surface area (TPSA) is 118 Å². The van der Waals surface area contributed by atoms with Crippen LogP contribution in [0.3, 0.4) is 0 Å². The summed E-state index contributed by atoms with van der Waals surface area (Å²) >= 11 is 1.14. The van der Waals surface area contributed by atoms with Gasteiger partial charge in [0.25, 0.3) is 0 Å². The van der Waals surface area contributed by atoms with E-state index < -0.39 is 0 Å². The highest BCUT2D eigenvalue weighted by Gasteiger charge is 2.20. The third-order valence-electron chi connectivity index (χ3n) is 4.79. The lowest BCUT2D eigenvalue weighted by Gasteiger charge is -2.11. The predicted molar refractivity (Wildman–Crippen MR) is 110 cm³/mol. The zero-order chi connectivity index (χ0) is 20.8. The monoisotopic (exact) mass is 419 g/mol. The highest BCUT2D eigenvalue weighted by Crippen LogP contribution is 2.18. The fourth-order valence-electron chi connectivity index (χ4n) is 3.01. The molecule has 1 aromatic carbocycles. The first-order valence-electron chi connectivity index (χ1n) is 9.46. The van der Waals surface area contributed by atoms with Gasteiger partial charge in [0, 0.05) is 12.3 Å². The van der Waals surface area contributed by atoms with Gasteiger partial charge >= 0.3 is 5.69 Å². The lowest BCUT2D eigenvalue weighted by molar-refractivity contribution is -0.122. The lowest BCUT2D eigenvalue weighted by Crippen LogP contribution is -2.34. The molecule has 9 nitrogen and oxygen atoms in total. The van der Waals surface area contributed by atoms with Crippen LogP contribution < -0.4 is 16.3 Å². The highest BCUT2D eigenvalue weighted by molar-refractivity contribution is 7.99. The molecule has 0 bridgehead atoms. The quantitative estimate of drug-likeness (QED) is 0.554. The van der Waals surface area contributed by atoms with Crippen LogP contribution in [0.1, 0.15) is 24.0 Å². The highest BCUT2D eigenvalue weighted by atomic mass is 32.2. The molecule has 0 unspecified atom stereocenters. The van der Waals surface area contributed by atoms with E-state index in [2.05, 4.69) is 20.8 Å². The molecule has 1 aliphatic heterocycles. The van der Waals surface area contributed by atoms with E-state index in [0.29, 0.717) is 18.3 Å². The molecule has 156 valence electrons. The third-order valence-corrected chi connectivity index (χ3v) is 5.77. The fourth-order valence-corrected chi connectivity index (χ4v) is 3.79. The van der Waals surface area contributed by atoms with E-state index in [0.717, 1.165) is 41.4 Å². The Hall–Kier alpha value is -2.59. The van der Waals surface area contributed by atoms with Gasteiger partial charge in [-0.3, -0.25) is 14.2 Å². The lowest BCUT2D eigenvalue weighted by atomic mass is 10.1. The summed E-state index contributed by atoms with van der Waals surface area (Å²) in [6.07, 6.45) is 1.87. The second-order valence-electron chi connectivity index (χ2n) is 6.92. The van der Waals surface area contributed by atoms with Crippen molar-refractivity contribution >= 4 is 29.3 Å². The van der Waals surface area contributed by atoms with Gasteiger partial charge in [0.2, 0.25) is 11.8 Å². The summed E-state index contributed by atoms with van der Waals surface area (Å²) in [4.78, 5) is 36.1. The molecule has 2 aromatic rings. The molecule has 3 rings (SSSR count). The van der Waals surface area contributed by atoms with E-state index in [1.165, 1.54) is 4.57 Å². The van der Waals surface area contributed by atoms with E-state index in [4.69, 9.17) is 4.74 Å². The van der Waals surface area contributed by atoms with Gasteiger partial charge in [0.05, 0.1) is 24.9 Å². The number of hydrogen-bond donors (Lipinski definition) is 3. The summed E-state index contributed by atoms with van der Waals surface area (Å²) in [5.74, 6) is -0.565. The number of carbonyl (C=O) groups is 2. The molecule has 1 fully saturated rings. The Labute approximate surface area is 172 Å². The SMILES string of the molecule is Cc1cccc(NC(=O)CNC(=O)CSc2n[nH]c(=O)n2C[C@@H]2CCCO2)c1C. The van der Waals surface area contributed by atoms with Crippen molar-refractivity contribution in [3.05, 3.63) is 39.8 Å². The minimum absolute atomic E-state index is 0.00717. The number of carbonyl (C=O) groups excluding carboxylic acids is 2. The van der Waals surface area contributed by atoms with Gasteiger partial charge in [-0.2, -0.15) is 0 Å². The number of ether oxygens (including phenoxy) is 1. The summed E-state index contributed by atoms with van der Waals surface area (Å²) in [7, 11) is 0. The average molecular weight is 420 g/mol. The van der Waals surface area contributed by atoms with Gasteiger partial charge < -0.3 is 15.4 Å². The summed E-state index contributed by atoms with van der Waals surface area (Å²) in [5.41, 5.74) is 2.48. The van der Waals surface area contributed by atoms with E-state index in [1.807, 2.05) is 32.0 Å². The molecular weight excluding hydrogens is 394 g/mol. The molecule has 0 aliphatic carbocycles. The smallest absolute Gasteiger partial charge is 0.344 e. The van der Waals surface area contributed by atoms with Crippen LogP contribution in [-0.2, 0) is 20.9 Å². The van der Waals surface area contributed by atoms with Crippen molar-refractivity contribution in [2.45, 2.75) is 44.5 Å². The molecule has 2 heterocycles. The predicted octanol–water partition coefficient (Wildman–Crippen LogP) is 1.21. The Kier molecular flexibility index (Phi) is 7.10. The molecule has 10 heteroatoms. The van der Waals surface area contributed by atoms with E-state index in [-0.39, 0.29) is 35.9 Å². The number of rotatable bonds is 8. The Bertz CT molecular complexity index is 933. The summed E-state index contributed by atoms with van der Waals surface area (Å²) < 4.78 is 7.04. The van der Waals surface area contributed by atoms with Crippen molar-refractivity contribution in [1.82, 2.24) is 20.1 Å². The zero-order valence-corrected chi connectivity index (χ0v) is 17.3. The molecular formula is C19H25N5O4S. The first-order chi connectivity index (χ1) is 13.9. The van der Waals surface area contributed by atoms with Gasteiger partial charge in [-0.25, -0.2) is 9.89 Å². The second-order valence-corrected chi connectivity index (χ2v) is 7.86. The van der Waals surface area contributed by atoms with Gasteiger partial charge in [-0.1, -0.05) is 23.9 Å². The third kappa shape index (κ3) is 5.70. The van der Waals surface area contributed by atoms with Crippen LogP contribution >= 0.6 is 11.8 Å². The number of nitrogens with one attached hydrogen (secondary N) is 3. The number of amides is 2. The van der Waals surface area contributed by atoms with Crippen LogP contribution in [0.5, 0.6) is 0 Å². The van der Waals surface area contributed by atoms with E-state index >= 15 is 0 Å². The fraction of sp³-hybridized carbons (Fsp3) is 0.474. The molecule has 3 N–H and O–H groups in total. The molecule has 1 atom stereocenters. The number of aromatic amines is 1. The van der Waals surface area contributed by atoms with Crippen molar-refractivity contribution in [3.8, 4) is 0 Å². The van der Waals surface area contributed by atoms with E-state index in [9.17, 15) is 14.4 Å². The first-order valence-corrected chi connectivity index (χ1v) is 10.4. The number of benzene rings is 1. The maximum atomic E-state index is 12.1. The first kappa shape index (κ1) is 21.1. The molecule has 0 saturated carbocycles. The Morgan fingerprint density at radius 2 is 2.17 bits per heavy atom. The standard InChI is InChI=1S/C19H25N5O4S/c1-12-5-3-7-15(13(12)2)21-16(25)9-20-17(26)11-29-19-23-22-18(27)24(19)10-14-6-4-8-28-14/h3,5,7,14H,4,6,8-11H2,1-2H3,(H,20,26)(H,21,25)(H,22,27)/t14-/m0/s1. The van der Waals surface area contributed by atoms with Gasteiger partial charge in [-0.15, -0.1) is 5.10 Å². The normalized spacial score (nSPS) is 16.0. The molecule has 0 radical (unpaired) electrons. The van der Waals surface area contributed by atoms with Crippen LogP contribution in [0.15, 0.2) is 28.2 Å². The van der Waals surface area contributed by atoms with Gasteiger partial charge in [-0.05, 0) is 43.9 Å². The van der Waals surface area contributed by atoms with Crippen LogP contribution in [0, 0.1) is 13.8 Å². The number of H-pyrrole nitrogens is 1. The molecule has 29 heavy (non-hydrogen) atoms. The van der Waals surface area contributed by atoms with E-state index in [1.54, 1.807) is 0 Å². The van der Waals surface area contributed by atoms with Crippen molar-refractivity contribution in [2.75, 3.05) is 24.2 Å². The zero-order valence-electron chi connectivity index (χ0n) is 16.5. The number of aryl methyl sites for hydroxylation is 1. The van der Waals surface area contributed by atoms with Crippen LogP contribution in [0.4, 0.5) is 5.69 Å². The van der Waals surface area contributed by atoms with Crippen LogP contribution in [-0.4, -0.2) is 51.6 Å². The maximum Gasteiger partial charge on any atom is 0.344 e. The molecule has 1 aliphatic rings. The Balaban J connectivity index is 1.46. The second kappa shape index (κ2) is 9.75. The summed E-state index contributed by atoms with van der Waals surface area (Å²) in [6, 6.07) is 5.66. The summed E-state index contributed by atoms with van der Waals surface area (Å²) in [5, 5.41) is 12.2. The Morgan fingerprint density at radius 1 is 1.34 bits per heavy atom. The van der Waals surface area contributed by atoms with Gasteiger partial charge in [0.1, 0.15) is 0 Å². The molecule has 0 spiro atoms. The number of thioether (sulfide) groups is 1. The minimum Gasteiger partial charge on any atom is -0.376 e. The average Bonchev–Trinajstić information content (AvgIpc) is 3.33. The van der Waals surface area contributed by atoms with Crippen molar-refractivity contribution in [2.24, 2.45) is 0 Å². The van der Waals surface area contributed by atoms with Crippen molar-refractivity contribution in [1.29, 1.82) is 0 Å². The molecule has 2 amide bonds. The van der Waals surface area contributed by atoms with Crippen molar-refractivity contribution in [3.63, 3.8) is 0 Å². The minimum atomic E-state index is -0.323. The largest absolute Gasteiger partial charge is 0.376 e. The maximum absolute atomic E-state index is 12.1. The molecule has 1 aromatic heterocycles. The van der Waals surface area contributed by atoms with Crippen LogP contribution in [0.2, 0.25) is 0 Å². The van der Waals surface area contributed by atoms with Crippen LogP contribution in [0.25, 0.3) is 0 Å². The number of hydrogen-bond acceptors (Lipinski definition) is 6. The van der Waals surface area contributed by atoms with Gasteiger partial charge in [0.15, 0.2) is 5.16 Å². The number of nitrogens with zero attached hydrogens (tertiary/aromatic N) is 2.